The molecule has 1 saturated heterocycles. The molecule has 0 saturated carbocycles. The lowest BCUT2D eigenvalue weighted by Gasteiger charge is -2.44. The predicted molar refractivity (Wildman–Crippen MR) is 53.0 cm³/mol. The highest BCUT2D eigenvalue weighted by atomic mass is 32.2. The van der Waals surface area contributed by atoms with Gasteiger partial charge in [-0.2, -0.15) is 0 Å². The number of hydrogen-bond acceptors (Lipinski definition) is 1. The second-order valence-corrected chi connectivity index (χ2v) is 5.54. The van der Waals surface area contributed by atoms with Crippen LogP contribution in [0.5, 0.6) is 0 Å². The Morgan fingerprint density at radius 1 is 1.45 bits per heavy atom. The Balaban J connectivity index is 2.64. The van der Waals surface area contributed by atoms with Crippen molar-refractivity contribution in [2.75, 3.05) is 26.4 Å². The van der Waals surface area contributed by atoms with E-state index in [9.17, 15) is 0 Å². The first kappa shape index (κ1) is 9.40. The van der Waals surface area contributed by atoms with Crippen LogP contribution < -0.4 is 0 Å². The van der Waals surface area contributed by atoms with Gasteiger partial charge >= 0.3 is 0 Å². The molecule has 0 aliphatic carbocycles. The molecule has 1 aliphatic heterocycles. The van der Waals surface area contributed by atoms with Crippen LogP contribution in [0.25, 0.3) is 0 Å². The van der Waals surface area contributed by atoms with Crippen LogP contribution in [0, 0.1) is 0 Å². The Hall–Kier alpha value is 0.310. The molecular weight excluding hydrogens is 154 g/mol. The van der Waals surface area contributed by atoms with E-state index < -0.39 is 0 Å². The van der Waals surface area contributed by atoms with Crippen molar-refractivity contribution in [3.05, 3.63) is 0 Å². The van der Waals surface area contributed by atoms with Gasteiger partial charge in [-0.3, -0.25) is 0 Å². The first-order chi connectivity index (χ1) is 5.08. The van der Waals surface area contributed by atoms with Crippen molar-refractivity contribution in [2.24, 2.45) is 0 Å². The van der Waals surface area contributed by atoms with Gasteiger partial charge in [0.2, 0.25) is 0 Å². The molecule has 66 valence electrons. The van der Waals surface area contributed by atoms with Crippen LogP contribution in [-0.2, 0) is 0 Å². The Morgan fingerprint density at radius 3 is 2.45 bits per heavy atom. The van der Waals surface area contributed by atoms with Crippen LogP contribution in [0.4, 0.5) is 0 Å². The molecule has 0 spiro atoms. The molecule has 1 heterocycles. The highest BCUT2D eigenvalue weighted by Gasteiger charge is 2.35. The SMILES string of the molecule is CCC1C(C)SCC[N+]1(C)C. The summed E-state index contributed by atoms with van der Waals surface area (Å²) >= 11 is 2.14. The average Bonchev–Trinajstić information content (AvgIpc) is 1.86. The Bertz CT molecular complexity index is 134. The highest BCUT2D eigenvalue weighted by Crippen LogP contribution is 2.29. The van der Waals surface area contributed by atoms with Gasteiger partial charge < -0.3 is 4.48 Å². The van der Waals surface area contributed by atoms with Crippen molar-refractivity contribution in [2.45, 2.75) is 31.6 Å². The molecule has 0 aromatic carbocycles. The largest absolute Gasteiger partial charge is 0.324 e. The van der Waals surface area contributed by atoms with Crippen molar-refractivity contribution < 1.29 is 4.48 Å². The van der Waals surface area contributed by atoms with Gasteiger partial charge in [0.05, 0.1) is 25.9 Å². The minimum Gasteiger partial charge on any atom is -0.324 e. The minimum atomic E-state index is 0.851. The molecule has 1 fully saturated rings. The molecule has 11 heavy (non-hydrogen) atoms. The molecule has 1 nitrogen and oxygen atoms in total. The molecule has 2 atom stereocenters. The van der Waals surface area contributed by atoms with Gasteiger partial charge in [-0.25, -0.2) is 0 Å². The molecule has 2 unspecified atom stereocenters. The van der Waals surface area contributed by atoms with Crippen molar-refractivity contribution >= 4 is 11.8 Å². The maximum absolute atomic E-state index is 2.37. The molecule has 0 aromatic rings. The second-order valence-electron chi connectivity index (χ2n) is 4.05. The van der Waals surface area contributed by atoms with Gasteiger partial charge in [-0.1, -0.05) is 6.92 Å². The van der Waals surface area contributed by atoms with Crippen LogP contribution in [0.15, 0.2) is 0 Å². The van der Waals surface area contributed by atoms with Crippen molar-refractivity contribution in [3.63, 3.8) is 0 Å². The van der Waals surface area contributed by atoms with E-state index in [0.29, 0.717) is 0 Å². The van der Waals surface area contributed by atoms with E-state index in [1.807, 2.05) is 0 Å². The third-order valence-corrected chi connectivity index (χ3v) is 4.16. The lowest BCUT2D eigenvalue weighted by Crippen LogP contribution is -2.56. The average molecular weight is 174 g/mol. The quantitative estimate of drug-likeness (QED) is 0.548. The summed E-state index contributed by atoms with van der Waals surface area (Å²) in [6.07, 6.45) is 1.32. The van der Waals surface area contributed by atoms with E-state index in [1.165, 1.54) is 23.2 Å². The number of rotatable bonds is 1. The second kappa shape index (κ2) is 3.36. The van der Waals surface area contributed by atoms with Gasteiger partial charge in [0.1, 0.15) is 6.04 Å². The minimum absolute atomic E-state index is 0.851. The summed E-state index contributed by atoms with van der Waals surface area (Å²) in [6, 6.07) is 0.869. The van der Waals surface area contributed by atoms with Crippen molar-refractivity contribution in [1.82, 2.24) is 0 Å². The summed E-state index contributed by atoms with van der Waals surface area (Å²) in [5, 5.41) is 0.851. The molecule has 1 aliphatic rings. The fourth-order valence-corrected chi connectivity index (χ4v) is 3.84. The van der Waals surface area contributed by atoms with Crippen LogP contribution in [0.3, 0.4) is 0 Å². The molecule has 2 heteroatoms. The number of quaternary nitrogens is 1. The zero-order chi connectivity index (χ0) is 8.48. The number of nitrogens with zero attached hydrogens (tertiary/aromatic N) is 1. The molecule has 1 rings (SSSR count). The maximum atomic E-state index is 2.37. The lowest BCUT2D eigenvalue weighted by molar-refractivity contribution is -0.913. The monoisotopic (exact) mass is 174 g/mol. The fourth-order valence-electron chi connectivity index (χ4n) is 2.15. The molecular formula is C9H20NS+. The standard InChI is InChI=1S/C9H20NS/c1-5-9-8(2)11-7-6-10(9,3)4/h8-9H,5-7H2,1-4H3/q+1. The summed E-state index contributed by atoms with van der Waals surface area (Å²) in [4.78, 5) is 0. The Morgan fingerprint density at radius 2 is 2.09 bits per heavy atom. The lowest BCUT2D eigenvalue weighted by atomic mass is 10.1. The molecule has 0 aromatic heterocycles. The van der Waals surface area contributed by atoms with E-state index in [0.717, 1.165) is 11.3 Å². The van der Waals surface area contributed by atoms with Gasteiger partial charge in [-0.05, 0) is 13.3 Å². The topological polar surface area (TPSA) is 0 Å². The molecule has 0 amide bonds. The highest BCUT2D eigenvalue weighted by molar-refractivity contribution is 8.00. The molecule has 0 bridgehead atoms. The van der Waals surface area contributed by atoms with Crippen molar-refractivity contribution in [1.29, 1.82) is 0 Å². The maximum Gasteiger partial charge on any atom is 0.100 e. The normalized spacial score (nSPS) is 37.1. The van der Waals surface area contributed by atoms with Gasteiger partial charge in [0.15, 0.2) is 0 Å². The summed E-state index contributed by atoms with van der Waals surface area (Å²) in [6.45, 7) is 6.03. The predicted octanol–water partition coefficient (Wildman–Crippen LogP) is 1.98. The summed E-state index contributed by atoms with van der Waals surface area (Å²) in [5.41, 5.74) is 0. The van der Waals surface area contributed by atoms with E-state index in [4.69, 9.17) is 0 Å². The van der Waals surface area contributed by atoms with Gasteiger partial charge in [0.25, 0.3) is 0 Å². The number of hydrogen-bond donors (Lipinski definition) is 0. The third-order valence-electron chi connectivity index (χ3n) is 2.91. The van der Waals surface area contributed by atoms with Gasteiger partial charge in [-0.15, -0.1) is 11.8 Å². The van der Waals surface area contributed by atoms with Crippen molar-refractivity contribution in [3.8, 4) is 0 Å². The summed E-state index contributed by atoms with van der Waals surface area (Å²) in [7, 11) is 4.73. The zero-order valence-electron chi connectivity index (χ0n) is 8.13. The van der Waals surface area contributed by atoms with E-state index in [2.05, 4.69) is 39.7 Å². The molecule has 0 N–H and O–H groups in total. The van der Waals surface area contributed by atoms with E-state index in [1.54, 1.807) is 0 Å². The van der Waals surface area contributed by atoms with Crippen LogP contribution in [0.2, 0.25) is 0 Å². The van der Waals surface area contributed by atoms with E-state index in [-0.39, 0.29) is 0 Å². The summed E-state index contributed by atoms with van der Waals surface area (Å²) in [5.74, 6) is 1.34. The molecule has 0 radical (unpaired) electrons. The summed E-state index contributed by atoms with van der Waals surface area (Å²) < 4.78 is 1.23. The van der Waals surface area contributed by atoms with Crippen LogP contribution >= 0.6 is 11.8 Å². The third kappa shape index (κ3) is 1.91. The smallest absolute Gasteiger partial charge is 0.100 e. The van der Waals surface area contributed by atoms with Crippen LogP contribution in [-0.4, -0.2) is 42.2 Å². The fraction of sp³-hybridized carbons (Fsp3) is 1.00. The Labute approximate surface area is 74.7 Å². The number of thioether (sulfide) groups is 1. The van der Waals surface area contributed by atoms with E-state index >= 15 is 0 Å². The first-order valence-electron chi connectivity index (χ1n) is 4.52. The van der Waals surface area contributed by atoms with Crippen LogP contribution in [0.1, 0.15) is 20.3 Å². The Kier molecular flexibility index (Phi) is 2.87. The van der Waals surface area contributed by atoms with Gasteiger partial charge in [0, 0.05) is 5.75 Å². The zero-order valence-corrected chi connectivity index (χ0v) is 8.95. The first-order valence-corrected chi connectivity index (χ1v) is 5.57.